The van der Waals surface area contributed by atoms with E-state index < -0.39 is 5.97 Å². The first-order valence-electron chi connectivity index (χ1n) is 20.0. The lowest BCUT2D eigenvalue weighted by molar-refractivity contribution is -0.150. The summed E-state index contributed by atoms with van der Waals surface area (Å²) in [7, 11) is 0. The lowest BCUT2D eigenvalue weighted by atomic mass is 10.0. The summed E-state index contributed by atoms with van der Waals surface area (Å²) >= 11 is 0. The van der Waals surface area contributed by atoms with Gasteiger partial charge in [0, 0.05) is 12.8 Å². The van der Waals surface area contributed by atoms with Gasteiger partial charge in [0.25, 0.3) is 0 Å². The van der Waals surface area contributed by atoms with Gasteiger partial charge in [-0.3, -0.25) is 9.59 Å². The first-order chi connectivity index (χ1) is 21.6. The molecule has 0 aliphatic heterocycles. The highest BCUT2D eigenvalue weighted by Gasteiger charge is 2.14. The van der Waals surface area contributed by atoms with Crippen molar-refractivity contribution in [1.29, 1.82) is 0 Å². The summed E-state index contributed by atoms with van der Waals surface area (Å²) in [6.07, 6.45) is 43.2. The highest BCUT2D eigenvalue weighted by Crippen LogP contribution is 2.18. The molecule has 262 valence electrons. The Kier molecular flexibility index (Phi) is 35.5. The standard InChI is InChI=1S/C40H78O4/c1-3-5-7-8-9-10-11-16-21-24-27-30-33-37-40(43)44-38(34-6-4-2)35-31-28-25-22-19-17-14-12-13-15-18-20-23-26-29-32-36-39(41)42/h38H,3-37H2,1-2H3,(H,41,42). The molecule has 0 fully saturated rings. The summed E-state index contributed by atoms with van der Waals surface area (Å²) < 4.78 is 5.94. The monoisotopic (exact) mass is 623 g/mol. The lowest BCUT2D eigenvalue weighted by Crippen LogP contribution is -2.18. The van der Waals surface area contributed by atoms with Crippen LogP contribution in [0.5, 0.6) is 0 Å². The van der Waals surface area contributed by atoms with Crippen molar-refractivity contribution < 1.29 is 19.4 Å². The van der Waals surface area contributed by atoms with Crippen LogP contribution < -0.4 is 0 Å². The Morgan fingerprint density at radius 1 is 0.409 bits per heavy atom. The summed E-state index contributed by atoms with van der Waals surface area (Å²) in [5, 5.41) is 8.66. The maximum Gasteiger partial charge on any atom is 0.306 e. The molecule has 0 aromatic heterocycles. The second-order valence-corrected chi connectivity index (χ2v) is 13.8. The summed E-state index contributed by atoms with van der Waals surface area (Å²) in [4.78, 5) is 23.0. The SMILES string of the molecule is CCCCCCCCCCCCCCCC(=O)OC(CCCC)CCCCCCCCCCCCCCCCCCC(=O)O. The number of carbonyl (C=O) groups excluding carboxylic acids is 1. The van der Waals surface area contributed by atoms with Gasteiger partial charge in [-0.2, -0.15) is 0 Å². The van der Waals surface area contributed by atoms with Crippen LogP contribution in [0.3, 0.4) is 0 Å². The highest BCUT2D eigenvalue weighted by atomic mass is 16.5. The molecule has 0 aliphatic rings. The van der Waals surface area contributed by atoms with E-state index in [0.29, 0.717) is 12.8 Å². The average molecular weight is 623 g/mol. The molecule has 0 heterocycles. The third-order valence-electron chi connectivity index (χ3n) is 9.33. The second kappa shape index (κ2) is 36.4. The Hall–Kier alpha value is -1.06. The minimum Gasteiger partial charge on any atom is -0.481 e. The molecule has 0 saturated heterocycles. The third-order valence-corrected chi connectivity index (χ3v) is 9.33. The van der Waals surface area contributed by atoms with E-state index in [9.17, 15) is 9.59 Å². The minimum atomic E-state index is -0.661. The van der Waals surface area contributed by atoms with Crippen LogP contribution in [-0.2, 0) is 14.3 Å². The first-order valence-corrected chi connectivity index (χ1v) is 20.0. The maximum absolute atomic E-state index is 12.5. The van der Waals surface area contributed by atoms with Gasteiger partial charge in [0.2, 0.25) is 0 Å². The van der Waals surface area contributed by atoms with Gasteiger partial charge in [0.1, 0.15) is 6.10 Å². The molecule has 1 unspecified atom stereocenters. The van der Waals surface area contributed by atoms with E-state index in [1.807, 2.05) is 0 Å². The molecule has 0 rings (SSSR count). The fourth-order valence-electron chi connectivity index (χ4n) is 6.35. The van der Waals surface area contributed by atoms with Crippen LogP contribution in [0.15, 0.2) is 0 Å². The Morgan fingerprint density at radius 3 is 1.07 bits per heavy atom. The summed E-state index contributed by atoms with van der Waals surface area (Å²) in [5.41, 5.74) is 0. The largest absolute Gasteiger partial charge is 0.481 e. The predicted octanol–water partition coefficient (Wildman–Crippen LogP) is 13.7. The number of carbonyl (C=O) groups is 2. The van der Waals surface area contributed by atoms with E-state index in [-0.39, 0.29) is 12.1 Å². The van der Waals surface area contributed by atoms with E-state index in [4.69, 9.17) is 9.84 Å². The normalized spacial score (nSPS) is 12.0. The maximum atomic E-state index is 12.5. The quantitative estimate of drug-likeness (QED) is 0.0553. The van der Waals surface area contributed by atoms with Crippen LogP contribution in [0.2, 0.25) is 0 Å². The van der Waals surface area contributed by atoms with Crippen LogP contribution in [0.1, 0.15) is 239 Å². The number of hydrogen-bond acceptors (Lipinski definition) is 3. The highest BCUT2D eigenvalue weighted by molar-refractivity contribution is 5.69. The van der Waals surface area contributed by atoms with Crippen molar-refractivity contribution in [3.8, 4) is 0 Å². The van der Waals surface area contributed by atoms with Gasteiger partial charge in [0.05, 0.1) is 0 Å². The van der Waals surface area contributed by atoms with Gasteiger partial charge in [-0.05, 0) is 32.1 Å². The molecule has 0 radical (unpaired) electrons. The Balaban J connectivity index is 3.57. The van der Waals surface area contributed by atoms with Crippen molar-refractivity contribution in [1.82, 2.24) is 0 Å². The van der Waals surface area contributed by atoms with Gasteiger partial charge in [-0.25, -0.2) is 0 Å². The van der Waals surface area contributed by atoms with Crippen molar-refractivity contribution in [2.75, 3.05) is 0 Å². The Morgan fingerprint density at radius 2 is 0.705 bits per heavy atom. The lowest BCUT2D eigenvalue weighted by Gasteiger charge is -2.18. The van der Waals surface area contributed by atoms with Crippen molar-refractivity contribution in [2.45, 2.75) is 245 Å². The van der Waals surface area contributed by atoms with Gasteiger partial charge < -0.3 is 9.84 Å². The van der Waals surface area contributed by atoms with E-state index in [1.54, 1.807) is 0 Å². The molecule has 1 N–H and O–H groups in total. The number of rotatable bonds is 37. The first kappa shape index (κ1) is 42.9. The molecule has 1 atom stereocenters. The molecule has 0 aromatic rings. The molecule has 0 aliphatic carbocycles. The van der Waals surface area contributed by atoms with E-state index in [2.05, 4.69) is 13.8 Å². The predicted molar refractivity (Wildman–Crippen MR) is 190 cm³/mol. The molecule has 0 aromatic carbocycles. The van der Waals surface area contributed by atoms with Gasteiger partial charge >= 0.3 is 11.9 Å². The number of hydrogen-bond donors (Lipinski definition) is 1. The molecule has 4 heteroatoms. The van der Waals surface area contributed by atoms with Crippen LogP contribution in [-0.4, -0.2) is 23.1 Å². The summed E-state index contributed by atoms with van der Waals surface area (Å²) in [6.45, 7) is 4.51. The molecule has 0 bridgehead atoms. The van der Waals surface area contributed by atoms with Crippen LogP contribution >= 0.6 is 0 Å². The number of carboxylic acids is 1. The zero-order chi connectivity index (χ0) is 32.2. The van der Waals surface area contributed by atoms with Gasteiger partial charge in [-0.15, -0.1) is 0 Å². The smallest absolute Gasteiger partial charge is 0.306 e. The van der Waals surface area contributed by atoms with Crippen molar-refractivity contribution in [3.05, 3.63) is 0 Å². The topological polar surface area (TPSA) is 63.6 Å². The molecule has 0 saturated carbocycles. The summed E-state index contributed by atoms with van der Waals surface area (Å²) in [6, 6.07) is 0. The van der Waals surface area contributed by atoms with E-state index in [0.717, 1.165) is 38.5 Å². The molecular weight excluding hydrogens is 544 g/mol. The molecular formula is C40H78O4. The number of aliphatic carboxylic acids is 1. The third kappa shape index (κ3) is 35.4. The number of esters is 1. The average Bonchev–Trinajstić information content (AvgIpc) is 3.01. The van der Waals surface area contributed by atoms with Crippen molar-refractivity contribution >= 4 is 11.9 Å². The molecule has 0 spiro atoms. The number of unbranched alkanes of at least 4 members (excludes halogenated alkanes) is 28. The zero-order valence-corrected chi connectivity index (χ0v) is 30.0. The van der Waals surface area contributed by atoms with E-state index in [1.165, 1.54) is 173 Å². The van der Waals surface area contributed by atoms with Gasteiger partial charge in [0.15, 0.2) is 0 Å². The van der Waals surface area contributed by atoms with Crippen molar-refractivity contribution in [2.24, 2.45) is 0 Å². The van der Waals surface area contributed by atoms with Crippen molar-refractivity contribution in [3.63, 3.8) is 0 Å². The van der Waals surface area contributed by atoms with Crippen LogP contribution in [0, 0.1) is 0 Å². The van der Waals surface area contributed by atoms with E-state index >= 15 is 0 Å². The molecule has 4 nitrogen and oxygen atoms in total. The van der Waals surface area contributed by atoms with Crippen LogP contribution in [0.25, 0.3) is 0 Å². The zero-order valence-electron chi connectivity index (χ0n) is 30.0. The molecule has 44 heavy (non-hydrogen) atoms. The second-order valence-electron chi connectivity index (χ2n) is 13.8. The number of carboxylic acid groups (broad SMARTS) is 1. The van der Waals surface area contributed by atoms with Crippen LogP contribution in [0.4, 0.5) is 0 Å². The fraction of sp³-hybridized carbons (Fsp3) is 0.950. The fourth-order valence-corrected chi connectivity index (χ4v) is 6.35. The summed E-state index contributed by atoms with van der Waals surface area (Å²) in [5.74, 6) is -0.618. The molecule has 0 amide bonds. The minimum absolute atomic E-state index is 0.0437. The number of ether oxygens (including phenoxy) is 1. The Labute approximate surface area is 275 Å². The van der Waals surface area contributed by atoms with Gasteiger partial charge in [-0.1, -0.05) is 194 Å². The Bertz CT molecular complexity index is 590.